The third-order valence-corrected chi connectivity index (χ3v) is 5.19. The average molecular weight is 321 g/mol. The molecule has 1 heterocycles. The summed E-state index contributed by atoms with van der Waals surface area (Å²) in [4.78, 5) is 15.8. The van der Waals surface area contributed by atoms with E-state index in [2.05, 4.69) is 47.6 Å². The maximum atomic E-state index is 11.3. The highest BCUT2D eigenvalue weighted by atomic mass is 35.5. The van der Waals surface area contributed by atoms with Crippen molar-refractivity contribution in [3.8, 4) is 0 Å². The van der Waals surface area contributed by atoms with Gasteiger partial charge in [-0.1, -0.05) is 37.3 Å². The summed E-state index contributed by atoms with van der Waals surface area (Å²) >= 11 is 6.94. The quantitative estimate of drug-likeness (QED) is 0.860. The molecule has 1 aliphatic carbocycles. The summed E-state index contributed by atoms with van der Waals surface area (Å²) < 4.78 is 0. The zero-order valence-electron chi connectivity index (χ0n) is 11.8. The lowest BCUT2D eigenvalue weighted by Crippen LogP contribution is -2.37. The molecule has 3 nitrogen and oxygen atoms in total. The van der Waals surface area contributed by atoms with Crippen molar-refractivity contribution in [1.29, 1.82) is 0 Å². The fourth-order valence-corrected chi connectivity index (χ4v) is 3.87. The Balaban J connectivity index is 1.65. The Labute approximate surface area is 133 Å². The normalized spacial score (nSPS) is 24.4. The van der Waals surface area contributed by atoms with E-state index < -0.39 is 0 Å². The summed E-state index contributed by atoms with van der Waals surface area (Å²) in [6.45, 7) is 2.31. The van der Waals surface area contributed by atoms with Crippen molar-refractivity contribution < 1.29 is 4.79 Å². The lowest BCUT2D eigenvalue weighted by Gasteiger charge is -2.45. The number of anilines is 1. The van der Waals surface area contributed by atoms with Gasteiger partial charge in [0.1, 0.15) is 5.88 Å². The largest absolute Gasteiger partial charge is 0.301 e. The first-order valence-corrected chi connectivity index (χ1v) is 8.39. The SMILES string of the molecule is CC1(c2ccccc2)CC(c2csc(NC(=O)CCl)n2)C1. The van der Waals surface area contributed by atoms with Crippen molar-refractivity contribution in [3.05, 3.63) is 47.0 Å². The van der Waals surface area contributed by atoms with Crippen molar-refractivity contribution in [1.82, 2.24) is 4.98 Å². The van der Waals surface area contributed by atoms with Crippen LogP contribution in [0.15, 0.2) is 35.7 Å². The van der Waals surface area contributed by atoms with Gasteiger partial charge in [0.2, 0.25) is 5.91 Å². The van der Waals surface area contributed by atoms with E-state index >= 15 is 0 Å². The Morgan fingerprint density at radius 1 is 1.43 bits per heavy atom. The van der Waals surface area contributed by atoms with Crippen LogP contribution in [0.5, 0.6) is 0 Å². The summed E-state index contributed by atoms with van der Waals surface area (Å²) in [5.41, 5.74) is 2.72. The van der Waals surface area contributed by atoms with Gasteiger partial charge < -0.3 is 5.32 Å². The Morgan fingerprint density at radius 2 is 2.14 bits per heavy atom. The first kappa shape index (κ1) is 14.5. The smallest absolute Gasteiger partial charge is 0.241 e. The molecule has 1 aliphatic rings. The van der Waals surface area contributed by atoms with Gasteiger partial charge in [0.15, 0.2) is 5.13 Å². The van der Waals surface area contributed by atoms with Crippen molar-refractivity contribution >= 4 is 34.0 Å². The molecule has 110 valence electrons. The number of amides is 1. The molecule has 1 N–H and O–H groups in total. The van der Waals surface area contributed by atoms with E-state index in [1.165, 1.54) is 16.9 Å². The average Bonchev–Trinajstić information content (AvgIpc) is 2.92. The summed E-state index contributed by atoms with van der Waals surface area (Å²) in [7, 11) is 0. The second-order valence-corrected chi connectivity index (χ2v) is 6.92. The van der Waals surface area contributed by atoms with Gasteiger partial charge in [0, 0.05) is 11.3 Å². The standard InChI is InChI=1S/C16H17ClN2OS/c1-16(12-5-3-2-4-6-12)7-11(8-16)13-10-21-15(18-13)19-14(20)9-17/h2-6,10-11H,7-9H2,1H3,(H,18,19,20). The molecule has 0 unspecified atom stereocenters. The van der Waals surface area contributed by atoms with Gasteiger partial charge in [-0.15, -0.1) is 22.9 Å². The van der Waals surface area contributed by atoms with E-state index in [1.54, 1.807) is 0 Å². The highest BCUT2D eigenvalue weighted by Crippen LogP contribution is 2.52. The molecule has 1 fully saturated rings. The zero-order chi connectivity index (χ0) is 14.9. The predicted octanol–water partition coefficient (Wildman–Crippen LogP) is 4.16. The van der Waals surface area contributed by atoms with Crippen LogP contribution in [-0.2, 0) is 10.2 Å². The van der Waals surface area contributed by atoms with Gasteiger partial charge in [-0.05, 0) is 23.8 Å². The minimum absolute atomic E-state index is 0.0373. The van der Waals surface area contributed by atoms with E-state index in [-0.39, 0.29) is 17.2 Å². The van der Waals surface area contributed by atoms with E-state index in [9.17, 15) is 4.79 Å². The van der Waals surface area contributed by atoms with Crippen LogP contribution in [0.4, 0.5) is 5.13 Å². The minimum atomic E-state index is -0.208. The molecule has 5 heteroatoms. The van der Waals surface area contributed by atoms with Crippen LogP contribution in [-0.4, -0.2) is 16.8 Å². The molecule has 1 aromatic carbocycles. The molecular formula is C16H17ClN2OS. The molecule has 0 saturated heterocycles. The van der Waals surface area contributed by atoms with Crippen LogP contribution >= 0.6 is 22.9 Å². The van der Waals surface area contributed by atoms with E-state index in [1.807, 2.05) is 5.38 Å². The topological polar surface area (TPSA) is 42.0 Å². The molecule has 1 saturated carbocycles. The van der Waals surface area contributed by atoms with E-state index in [4.69, 9.17) is 11.6 Å². The highest BCUT2D eigenvalue weighted by Gasteiger charge is 2.42. The maximum absolute atomic E-state index is 11.3. The third kappa shape index (κ3) is 2.97. The van der Waals surface area contributed by atoms with Gasteiger partial charge in [-0.2, -0.15) is 0 Å². The summed E-state index contributed by atoms with van der Waals surface area (Å²) in [6, 6.07) is 10.6. The van der Waals surface area contributed by atoms with Crippen molar-refractivity contribution in [3.63, 3.8) is 0 Å². The monoisotopic (exact) mass is 320 g/mol. The van der Waals surface area contributed by atoms with Gasteiger partial charge >= 0.3 is 0 Å². The minimum Gasteiger partial charge on any atom is -0.301 e. The second kappa shape index (κ2) is 5.78. The molecule has 21 heavy (non-hydrogen) atoms. The number of alkyl halides is 1. The van der Waals surface area contributed by atoms with Gasteiger partial charge in [0.25, 0.3) is 0 Å². The van der Waals surface area contributed by atoms with Crippen LogP contribution in [0.25, 0.3) is 0 Å². The fourth-order valence-electron chi connectivity index (χ4n) is 3.00. The number of nitrogens with zero attached hydrogens (tertiary/aromatic N) is 1. The number of nitrogens with one attached hydrogen (secondary N) is 1. The molecule has 0 radical (unpaired) electrons. The van der Waals surface area contributed by atoms with Crippen LogP contribution in [0.2, 0.25) is 0 Å². The van der Waals surface area contributed by atoms with Crippen LogP contribution in [0.1, 0.15) is 36.9 Å². The molecule has 1 amide bonds. The molecule has 3 rings (SSSR count). The number of thiazole rings is 1. The van der Waals surface area contributed by atoms with Crippen molar-refractivity contribution in [2.24, 2.45) is 0 Å². The van der Waals surface area contributed by atoms with Gasteiger partial charge in [0.05, 0.1) is 5.69 Å². The number of carbonyl (C=O) groups excluding carboxylic acids is 1. The Bertz CT molecular complexity index is 635. The van der Waals surface area contributed by atoms with Gasteiger partial charge in [-0.25, -0.2) is 4.98 Å². The lowest BCUT2D eigenvalue weighted by atomic mass is 9.59. The predicted molar refractivity (Wildman–Crippen MR) is 87.2 cm³/mol. The van der Waals surface area contributed by atoms with Gasteiger partial charge in [-0.3, -0.25) is 4.79 Å². The first-order chi connectivity index (χ1) is 10.1. The molecule has 0 spiro atoms. The lowest BCUT2D eigenvalue weighted by molar-refractivity contribution is -0.113. The molecule has 0 aliphatic heterocycles. The number of benzene rings is 1. The van der Waals surface area contributed by atoms with E-state index in [0.29, 0.717) is 11.0 Å². The Morgan fingerprint density at radius 3 is 2.81 bits per heavy atom. The Kier molecular flexibility index (Phi) is 4.00. The van der Waals surface area contributed by atoms with Crippen LogP contribution in [0, 0.1) is 0 Å². The van der Waals surface area contributed by atoms with Crippen molar-refractivity contribution in [2.75, 3.05) is 11.2 Å². The number of halogens is 1. The van der Waals surface area contributed by atoms with E-state index in [0.717, 1.165) is 18.5 Å². The van der Waals surface area contributed by atoms with Crippen molar-refractivity contribution in [2.45, 2.75) is 31.1 Å². The molecule has 2 aromatic rings. The molecule has 1 aromatic heterocycles. The maximum Gasteiger partial charge on any atom is 0.241 e. The molecule has 0 atom stereocenters. The number of hydrogen-bond donors (Lipinski definition) is 1. The summed E-state index contributed by atoms with van der Waals surface area (Å²) in [5, 5.41) is 5.39. The second-order valence-electron chi connectivity index (χ2n) is 5.79. The van der Waals surface area contributed by atoms with Crippen LogP contribution < -0.4 is 5.32 Å². The number of rotatable bonds is 4. The molecule has 0 bridgehead atoms. The van der Waals surface area contributed by atoms with Crippen LogP contribution in [0.3, 0.4) is 0 Å². The third-order valence-electron chi connectivity index (χ3n) is 4.17. The summed E-state index contributed by atoms with van der Waals surface area (Å²) in [6.07, 6.45) is 2.20. The fraction of sp³-hybridized carbons (Fsp3) is 0.375. The zero-order valence-corrected chi connectivity index (χ0v) is 13.4. The highest BCUT2D eigenvalue weighted by molar-refractivity contribution is 7.14. The first-order valence-electron chi connectivity index (χ1n) is 6.97. The number of hydrogen-bond acceptors (Lipinski definition) is 3. The molecular weight excluding hydrogens is 304 g/mol. The number of carbonyl (C=O) groups is 1. The summed E-state index contributed by atoms with van der Waals surface area (Å²) in [5.74, 6) is 0.234. The number of aromatic nitrogens is 1. The Hall–Kier alpha value is -1.39.